The highest BCUT2D eigenvalue weighted by Crippen LogP contribution is 2.30. The molecule has 7 nitrogen and oxygen atoms in total. The average molecular weight is 312 g/mol. The number of anilines is 1. The Bertz CT molecular complexity index is 843. The van der Waals surface area contributed by atoms with Gasteiger partial charge in [-0.15, -0.1) is 0 Å². The maximum atomic E-state index is 12.6. The Morgan fingerprint density at radius 1 is 1.22 bits per heavy atom. The minimum absolute atomic E-state index is 0.138. The van der Waals surface area contributed by atoms with Crippen LogP contribution in [0.25, 0.3) is 11.3 Å². The maximum Gasteiger partial charge on any atom is 0.259 e. The van der Waals surface area contributed by atoms with Gasteiger partial charge < -0.3 is 14.9 Å². The Balaban J connectivity index is 1.98. The van der Waals surface area contributed by atoms with Gasteiger partial charge in [-0.1, -0.05) is 5.16 Å². The first-order chi connectivity index (χ1) is 11.0. The van der Waals surface area contributed by atoms with E-state index in [2.05, 4.69) is 20.7 Å². The van der Waals surface area contributed by atoms with Crippen LogP contribution in [-0.4, -0.2) is 26.4 Å². The van der Waals surface area contributed by atoms with Crippen molar-refractivity contribution in [3.63, 3.8) is 0 Å². The molecule has 7 heteroatoms. The summed E-state index contributed by atoms with van der Waals surface area (Å²) in [6.45, 7) is 5.36. The summed E-state index contributed by atoms with van der Waals surface area (Å²) in [4.78, 5) is 12.6. The molecule has 2 heterocycles. The van der Waals surface area contributed by atoms with Gasteiger partial charge in [-0.2, -0.15) is 5.10 Å². The molecule has 3 aromatic rings. The van der Waals surface area contributed by atoms with Crippen LogP contribution >= 0.6 is 0 Å². The summed E-state index contributed by atoms with van der Waals surface area (Å²) in [6.07, 6.45) is 0. The van der Waals surface area contributed by atoms with E-state index in [1.54, 1.807) is 32.9 Å². The molecule has 0 aliphatic heterocycles. The van der Waals surface area contributed by atoms with Crippen LogP contribution in [0, 0.1) is 20.8 Å². The largest absolute Gasteiger partial charge is 0.508 e. The molecule has 0 aliphatic rings. The smallest absolute Gasteiger partial charge is 0.259 e. The predicted molar refractivity (Wildman–Crippen MR) is 84.4 cm³/mol. The Kier molecular flexibility index (Phi) is 3.61. The van der Waals surface area contributed by atoms with Crippen LogP contribution in [0.4, 0.5) is 5.69 Å². The number of amides is 1. The number of H-pyrrole nitrogens is 1. The molecule has 0 atom stereocenters. The van der Waals surface area contributed by atoms with Gasteiger partial charge in [0.05, 0.1) is 16.8 Å². The van der Waals surface area contributed by atoms with Crippen molar-refractivity contribution in [2.24, 2.45) is 0 Å². The van der Waals surface area contributed by atoms with Gasteiger partial charge in [0.2, 0.25) is 0 Å². The van der Waals surface area contributed by atoms with Gasteiger partial charge in [-0.3, -0.25) is 9.89 Å². The van der Waals surface area contributed by atoms with Crippen molar-refractivity contribution in [3.05, 3.63) is 47.0 Å². The van der Waals surface area contributed by atoms with Gasteiger partial charge >= 0.3 is 0 Å². The zero-order chi connectivity index (χ0) is 16.6. The first-order valence-corrected chi connectivity index (χ1v) is 7.06. The van der Waals surface area contributed by atoms with E-state index in [0.717, 1.165) is 0 Å². The minimum Gasteiger partial charge on any atom is -0.508 e. The zero-order valence-electron chi connectivity index (χ0n) is 13.0. The van der Waals surface area contributed by atoms with Gasteiger partial charge in [-0.05, 0) is 45.0 Å². The number of aromatic nitrogens is 3. The van der Waals surface area contributed by atoms with Crippen LogP contribution in [0.15, 0.2) is 28.8 Å². The first-order valence-electron chi connectivity index (χ1n) is 7.06. The van der Waals surface area contributed by atoms with Crippen LogP contribution in [0.5, 0.6) is 5.75 Å². The number of aromatic amines is 1. The standard InChI is InChI=1S/C16H16N4O3/c1-8-14(16(22)17-11-4-6-12(21)7-5-11)15(19-18-8)13-9(2)20-23-10(13)3/h4-7,21H,1-3H3,(H,17,22)(H,18,19). The fraction of sp³-hybridized carbons (Fsp3) is 0.188. The Morgan fingerprint density at radius 2 is 1.91 bits per heavy atom. The van der Waals surface area contributed by atoms with Crippen molar-refractivity contribution >= 4 is 11.6 Å². The number of phenols is 1. The van der Waals surface area contributed by atoms with Crippen molar-refractivity contribution < 1.29 is 14.4 Å². The molecule has 3 N–H and O–H groups in total. The van der Waals surface area contributed by atoms with Crippen LogP contribution in [-0.2, 0) is 0 Å². The number of rotatable bonds is 3. The average Bonchev–Trinajstić information content (AvgIpc) is 3.04. The van der Waals surface area contributed by atoms with Crippen molar-refractivity contribution in [2.45, 2.75) is 20.8 Å². The third-order valence-corrected chi connectivity index (χ3v) is 3.57. The maximum absolute atomic E-state index is 12.6. The van der Waals surface area contributed by atoms with Crippen LogP contribution in [0.3, 0.4) is 0 Å². The molecular formula is C16H16N4O3. The topological polar surface area (TPSA) is 104 Å². The molecule has 0 unspecified atom stereocenters. The summed E-state index contributed by atoms with van der Waals surface area (Å²) in [5.41, 5.74) is 3.56. The molecule has 118 valence electrons. The molecule has 3 rings (SSSR count). The Hall–Kier alpha value is -3.09. The molecule has 0 saturated heterocycles. The van der Waals surface area contributed by atoms with E-state index in [4.69, 9.17) is 4.52 Å². The van der Waals surface area contributed by atoms with Gasteiger partial charge in [0.25, 0.3) is 5.91 Å². The van der Waals surface area contributed by atoms with Gasteiger partial charge in [0.1, 0.15) is 17.2 Å². The quantitative estimate of drug-likeness (QED) is 0.645. The summed E-state index contributed by atoms with van der Waals surface area (Å²) in [5, 5.41) is 23.1. The second kappa shape index (κ2) is 5.60. The fourth-order valence-electron chi connectivity index (χ4n) is 2.45. The van der Waals surface area contributed by atoms with E-state index in [-0.39, 0.29) is 11.7 Å². The Morgan fingerprint density at radius 3 is 2.52 bits per heavy atom. The number of hydrogen-bond acceptors (Lipinski definition) is 5. The normalized spacial score (nSPS) is 10.7. The molecule has 1 amide bonds. The third kappa shape index (κ3) is 2.68. The first kappa shape index (κ1) is 14.8. The highest BCUT2D eigenvalue weighted by molar-refractivity contribution is 6.09. The van der Waals surface area contributed by atoms with Crippen molar-refractivity contribution in [1.29, 1.82) is 0 Å². The molecule has 0 aliphatic carbocycles. The highest BCUT2D eigenvalue weighted by Gasteiger charge is 2.24. The summed E-state index contributed by atoms with van der Waals surface area (Å²) >= 11 is 0. The summed E-state index contributed by atoms with van der Waals surface area (Å²) < 4.78 is 5.16. The van der Waals surface area contributed by atoms with Crippen LogP contribution < -0.4 is 5.32 Å². The lowest BCUT2D eigenvalue weighted by Crippen LogP contribution is -2.13. The van der Waals surface area contributed by atoms with Gasteiger partial charge in [0, 0.05) is 11.4 Å². The minimum atomic E-state index is -0.295. The number of carbonyl (C=O) groups is 1. The van der Waals surface area contributed by atoms with E-state index in [0.29, 0.717) is 39.7 Å². The van der Waals surface area contributed by atoms with E-state index < -0.39 is 0 Å². The lowest BCUT2D eigenvalue weighted by atomic mass is 10.0. The van der Waals surface area contributed by atoms with Crippen molar-refractivity contribution in [1.82, 2.24) is 15.4 Å². The number of carbonyl (C=O) groups excluding carboxylic acids is 1. The molecular weight excluding hydrogens is 296 g/mol. The molecule has 0 fully saturated rings. The molecule has 1 aromatic carbocycles. The van der Waals surface area contributed by atoms with Crippen molar-refractivity contribution in [3.8, 4) is 17.0 Å². The summed E-state index contributed by atoms with van der Waals surface area (Å²) in [6, 6.07) is 6.26. The summed E-state index contributed by atoms with van der Waals surface area (Å²) in [5.74, 6) is 0.448. The van der Waals surface area contributed by atoms with E-state index in [9.17, 15) is 9.90 Å². The lowest BCUT2D eigenvalue weighted by molar-refractivity contribution is 0.102. The van der Waals surface area contributed by atoms with Crippen molar-refractivity contribution in [2.75, 3.05) is 5.32 Å². The second-order valence-electron chi connectivity index (χ2n) is 5.27. The molecule has 0 radical (unpaired) electrons. The van der Waals surface area contributed by atoms with Crippen LogP contribution in [0.1, 0.15) is 27.5 Å². The lowest BCUT2D eigenvalue weighted by Gasteiger charge is -2.06. The number of aromatic hydroxyl groups is 1. The number of benzene rings is 1. The van der Waals surface area contributed by atoms with Crippen LogP contribution in [0.2, 0.25) is 0 Å². The zero-order valence-corrected chi connectivity index (χ0v) is 13.0. The highest BCUT2D eigenvalue weighted by atomic mass is 16.5. The number of nitrogens with zero attached hydrogens (tertiary/aromatic N) is 2. The van der Waals surface area contributed by atoms with E-state index in [1.807, 2.05) is 0 Å². The number of phenolic OH excluding ortho intramolecular Hbond substituents is 1. The van der Waals surface area contributed by atoms with Gasteiger partial charge in [0.15, 0.2) is 0 Å². The molecule has 0 saturated carbocycles. The SMILES string of the molecule is Cc1noc(C)c1-c1n[nH]c(C)c1C(=O)Nc1ccc(O)cc1. The molecule has 0 bridgehead atoms. The Labute approximate surface area is 132 Å². The van der Waals surface area contributed by atoms with Gasteiger partial charge in [-0.25, -0.2) is 0 Å². The number of nitrogens with one attached hydrogen (secondary N) is 2. The third-order valence-electron chi connectivity index (χ3n) is 3.57. The fourth-order valence-corrected chi connectivity index (χ4v) is 2.45. The van der Waals surface area contributed by atoms with E-state index in [1.165, 1.54) is 12.1 Å². The predicted octanol–water partition coefficient (Wildman–Crippen LogP) is 2.95. The summed E-state index contributed by atoms with van der Waals surface area (Å²) in [7, 11) is 0. The molecule has 2 aromatic heterocycles. The second-order valence-corrected chi connectivity index (χ2v) is 5.27. The number of aryl methyl sites for hydroxylation is 3. The molecule has 0 spiro atoms. The molecule has 23 heavy (non-hydrogen) atoms. The number of hydrogen-bond donors (Lipinski definition) is 3. The monoisotopic (exact) mass is 312 g/mol. The van der Waals surface area contributed by atoms with E-state index >= 15 is 0 Å².